The van der Waals surface area contributed by atoms with Gasteiger partial charge in [-0.1, -0.05) is 31.2 Å². The molecule has 0 atom stereocenters. The minimum Gasteiger partial charge on any atom is -0.481 e. The number of hydrogen-bond donors (Lipinski definition) is 2. The van der Waals surface area contributed by atoms with Crippen LogP contribution in [0.4, 0.5) is 0 Å². The van der Waals surface area contributed by atoms with Crippen LogP contribution >= 0.6 is 0 Å². The summed E-state index contributed by atoms with van der Waals surface area (Å²) >= 11 is 0. The molecule has 0 amide bonds. The van der Waals surface area contributed by atoms with Crippen molar-refractivity contribution in [1.29, 1.82) is 0 Å². The number of nitrogens with zero attached hydrogens (tertiary/aromatic N) is 1. The first-order valence-electron chi connectivity index (χ1n) is 6.33. The summed E-state index contributed by atoms with van der Waals surface area (Å²) in [7, 11) is 0. The van der Waals surface area contributed by atoms with Gasteiger partial charge in [0.25, 0.3) is 0 Å². The first kappa shape index (κ1) is 15.4. The molecule has 0 spiro atoms. The van der Waals surface area contributed by atoms with Crippen molar-refractivity contribution in [2.45, 2.75) is 13.3 Å². The van der Waals surface area contributed by atoms with E-state index in [0.29, 0.717) is 0 Å². The topological polar surface area (TPSA) is 66.0 Å². The fourth-order valence-electron chi connectivity index (χ4n) is 1.31. The zero-order chi connectivity index (χ0) is 14.6. The van der Waals surface area contributed by atoms with Gasteiger partial charge in [-0.05, 0) is 29.7 Å². The third-order valence-corrected chi connectivity index (χ3v) is 2.33. The zero-order valence-electron chi connectivity index (χ0n) is 11.4. The number of pyridine rings is 1. The predicted octanol–water partition coefficient (Wildman–Crippen LogP) is 3.73. The van der Waals surface area contributed by atoms with Crippen molar-refractivity contribution < 1.29 is 9.90 Å². The van der Waals surface area contributed by atoms with Crippen LogP contribution in [-0.2, 0) is 4.79 Å². The number of rotatable bonds is 1. The van der Waals surface area contributed by atoms with Crippen molar-refractivity contribution in [3.05, 3.63) is 67.1 Å². The molecule has 0 aliphatic heterocycles. The number of hydrogen-bond acceptors (Lipinski definition) is 2. The first-order valence-corrected chi connectivity index (χ1v) is 6.33. The Hall–Kier alpha value is -2.62. The summed E-state index contributed by atoms with van der Waals surface area (Å²) in [6.45, 7) is 1.60. The van der Waals surface area contributed by atoms with Gasteiger partial charge in [-0.15, -0.1) is 0 Å². The summed E-state index contributed by atoms with van der Waals surface area (Å²) in [5, 5.41) is 9.00. The van der Waals surface area contributed by atoms with Gasteiger partial charge in [0.1, 0.15) is 0 Å². The number of carboxylic acid groups (broad SMARTS) is 1. The lowest BCUT2D eigenvalue weighted by molar-refractivity contribution is -0.136. The predicted molar refractivity (Wildman–Crippen MR) is 80.5 cm³/mol. The maximum Gasteiger partial charge on any atom is 0.303 e. The Morgan fingerprint density at radius 2 is 1.75 bits per heavy atom. The molecule has 0 aliphatic carbocycles. The maximum atomic E-state index is 9.37. The van der Waals surface area contributed by atoms with Crippen LogP contribution in [0.15, 0.2) is 67.1 Å². The van der Waals surface area contributed by atoms with Gasteiger partial charge >= 0.3 is 5.97 Å². The fraction of sp³-hybridized carbons (Fsp3) is 0.125. The van der Waals surface area contributed by atoms with E-state index in [9.17, 15) is 4.79 Å². The molecule has 0 fully saturated rings. The van der Waals surface area contributed by atoms with Crippen molar-refractivity contribution in [2.75, 3.05) is 0 Å². The molecule has 3 rings (SSSR count). The molecule has 4 heteroatoms. The number of aliphatic carboxylic acids is 1. The van der Waals surface area contributed by atoms with Gasteiger partial charge < -0.3 is 10.1 Å². The number of aromatic amines is 1. The van der Waals surface area contributed by atoms with Gasteiger partial charge in [-0.25, -0.2) is 0 Å². The van der Waals surface area contributed by atoms with Crippen LogP contribution < -0.4 is 0 Å². The van der Waals surface area contributed by atoms with Gasteiger partial charge in [0.15, 0.2) is 0 Å². The molecule has 2 N–H and O–H groups in total. The molecule has 4 nitrogen and oxygen atoms in total. The zero-order valence-corrected chi connectivity index (χ0v) is 11.4. The van der Waals surface area contributed by atoms with E-state index in [4.69, 9.17) is 5.11 Å². The Morgan fingerprint density at radius 3 is 2.20 bits per heavy atom. The molecule has 3 aromatic rings. The van der Waals surface area contributed by atoms with Crippen molar-refractivity contribution in [3.8, 4) is 0 Å². The highest BCUT2D eigenvalue weighted by Gasteiger charge is 1.86. The number of benzene rings is 1. The molecule has 0 aliphatic rings. The Labute approximate surface area is 118 Å². The molecule has 2 aromatic heterocycles. The number of H-pyrrole nitrogens is 1. The van der Waals surface area contributed by atoms with E-state index in [1.807, 2.05) is 36.5 Å². The average Bonchev–Trinajstić information content (AvgIpc) is 2.99. The smallest absolute Gasteiger partial charge is 0.303 e. The highest BCUT2D eigenvalue weighted by molar-refractivity contribution is 5.78. The molecule has 0 saturated carbocycles. The van der Waals surface area contributed by atoms with Crippen LogP contribution in [0.2, 0.25) is 0 Å². The summed E-state index contributed by atoms with van der Waals surface area (Å²) in [5.74, 6) is -0.745. The first-order chi connectivity index (χ1) is 9.74. The van der Waals surface area contributed by atoms with Gasteiger partial charge in [-0.2, -0.15) is 0 Å². The van der Waals surface area contributed by atoms with Crippen LogP contribution in [0.3, 0.4) is 0 Å². The number of para-hydroxylation sites is 1. The van der Waals surface area contributed by atoms with E-state index in [0.717, 1.165) is 0 Å². The highest BCUT2D eigenvalue weighted by Crippen LogP contribution is 2.09. The van der Waals surface area contributed by atoms with E-state index >= 15 is 0 Å². The van der Waals surface area contributed by atoms with Crippen molar-refractivity contribution in [1.82, 2.24) is 9.97 Å². The van der Waals surface area contributed by atoms with E-state index in [1.165, 1.54) is 10.9 Å². The number of carbonyl (C=O) groups is 1. The van der Waals surface area contributed by atoms with Crippen molar-refractivity contribution in [2.24, 2.45) is 0 Å². The maximum absolute atomic E-state index is 9.37. The van der Waals surface area contributed by atoms with Gasteiger partial charge in [-0.3, -0.25) is 9.78 Å². The van der Waals surface area contributed by atoms with Crippen LogP contribution in [-0.4, -0.2) is 21.0 Å². The third-order valence-electron chi connectivity index (χ3n) is 2.33. The minimum atomic E-state index is -0.745. The molecular formula is C16H18N2O2. The second kappa shape index (κ2) is 9.33. The molecule has 2 heterocycles. The molecular weight excluding hydrogens is 252 g/mol. The summed E-state index contributed by atoms with van der Waals surface area (Å²) in [6, 6.07) is 16.0. The molecule has 0 saturated heterocycles. The number of fused-ring (bicyclic) bond motifs is 1. The van der Waals surface area contributed by atoms with Crippen molar-refractivity contribution >= 4 is 16.9 Å². The molecule has 1 aromatic carbocycles. The summed E-state index contributed by atoms with van der Waals surface area (Å²) < 4.78 is 0. The number of carboxylic acids is 1. The molecule has 20 heavy (non-hydrogen) atoms. The summed E-state index contributed by atoms with van der Waals surface area (Å²) in [6.07, 6.45) is 5.67. The number of nitrogens with one attached hydrogen (secondary N) is 1. The molecule has 104 valence electrons. The van der Waals surface area contributed by atoms with Gasteiger partial charge in [0, 0.05) is 30.5 Å². The van der Waals surface area contributed by atoms with Crippen LogP contribution in [0, 0.1) is 0 Å². The molecule has 0 unspecified atom stereocenters. The third kappa shape index (κ3) is 6.35. The largest absolute Gasteiger partial charge is 0.481 e. The average molecular weight is 270 g/mol. The lowest BCUT2D eigenvalue weighted by atomic mass is 10.3. The van der Waals surface area contributed by atoms with Crippen LogP contribution in [0.1, 0.15) is 13.3 Å². The minimum absolute atomic E-state index is 0.222. The fourth-order valence-corrected chi connectivity index (χ4v) is 1.31. The Kier molecular flexibility index (Phi) is 7.20. The lowest BCUT2D eigenvalue weighted by Gasteiger charge is -1.83. The standard InChI is InChI=1S/C8H7N.C5H5N.C3H6O2/c1-2-4-8-7(3-1)5-6-9-8;1-2-4-6-5-3-1;1-2-3(4)5/h1-6,9H;1-5H;2H2,1H3,(H,4,5). The van der Waals surface area contributed by atoms with Crippen LogP contribution in [0.5, 0.6) is 0 Å². The van der Waals surface area contributed by atoms with Gasteiger partial charge in [0.05, 0.1) is 0 Å². The monoisotopic (exact) mass is 270 g/mol. The van der Waals surface area contributed by atoms with Crippen molar-refractivity contribution in [3.63, 3.8) is 0 Å². The Bertz CT molecular complexity index is 549. The van der Waals surface area contributed by atoms with E-state index in [1.54, 1.807) is 19.3 Å². The normalized spacial score (nSPS) is 8.85. The quantitative estimate of drug-likeness (QED) is 0.708. The Morgan fingerprint density at radius 1 is 1.10 bits per heavy atom. The van der Waals surface area contributed by atoms with E-state index in [-0.39, 0.29) is 6.42 Å². The van der Waals surface area contributed by atoms with Gasteiger partial charge in [0.2, 0.25) is 0 Å². The lowest BCUT2D eigenvalue weighted by Crippen LogP contribution is -1.86. The van der Waals surface area contributed by atoms with Crippen LogP contribution in [0.25, 0.3) is 10.9 Å². The molecule has 0 radical (unpaired) electrons. The van der Waals surface area contributed by atoms with E-state index in [2.05, 4.69) is 28.2 Å². The highest BCUT2D eigenvalue weighted by atomic mass is 16.4. The summed E-state index contributed by atoms with van der Waals surface area (Å²) in [5.41, 5.74) is 1.21. The number of aromatic nitrogens is 2. The summed E-state index contributed by atoms with van der Waals surface area (Å²) in [4.78, 5) is 16.3. The molecule has 0 bridgehead atoms. The Balaban J connectivity index is 0.000000160. The SMILES string of the molecule is CCC(=O)O.c1ccc2[nH]ccc2c1.c1ccncc1. The van der Waals surface area contributed by atoms with E-state index < -0.39 is 5.97 Å². The second-order valence-electron chi connectivity index (χ2n) is 3.84. The second-order valence-corrected chi connectivity index (χ2v) is 3.84.